The fraction of sp³-hybridized carbons (Fsp3) is 0.312. The highest BCUT2D eigenvalue weighted by atomic mass is 35.5. The Morgan fingerprint density at radius 1 is 1.31 bits per heavy atom. The predicted molar refractivity (Wildman–Crippen MR) is 92.7 cm³/mol. The second kappa shape index (κ2) is 8.33. The maximum Gasteiger partial charge on any atom is 0.434 e. The number of amides is 1. The van der Waals surface area contributed by atoms with E-state index >= 15 is 0 Å². The standard InChI is InChI=1S/C16H17ClF3N5O/c1-25(2)7-6-21-14(26)12-9-22-15(24-13(12)16(18,19)20)23-11-5-3-4-10(17)8-11/h3-5,8-9H,6-7H2,1-2H3,(H,21,26)(H,22,23,24). The summed E-state index contributed by atoms with van der Waals surface area (Å²) in [4.78, 5) is 21.1. The third-order valence-electron chi connectivity index (χ3n) is 3.23. The molecular weight excluding hydrogens is 371 g/mol. The number of likely N-dealkylation sites (N-methyl/N-ethyl adjacent to an activating group) is 1. The van der Waals surface area contributed by atoms with Gasteiger partial charge in [-0.2, -0.15) is 13.2 Å². The van der Waals surface area contributed by atoms with Gasteiger partial charge in [-0.3, -0.25) is 4.79 Å². The topological polar surface area (TPSA) is 70.2 Å². The van der Waals surface area contributed by atoms with E-state index < -0.39 is 23.3 Å². The summed E-state index contributed by atoms with van der Waals surface area (Å²) in [6.45, 7) is 0.688. The number of anilines is 2. The molecule has 2 N–H and O–H groups in total. The molecule has 0 bridgehead atoms. The molecule has 0 atom stereocenters. The highest BCUT2D eigenvalue weighted by Gasteiger charge is 2.38. The summed E-state index contributed by atoms with van der Waals surface area (Å²) in [6.07, 6.45) is -3.95. The van der Waals surface area contributed by atoms with Crippen molar-refractivity contribution < 1.29 is 18.0 Å². The molecule has 0 fully saturated rings. The third kappa shape index (κ3) is 5.57. The maximum atomic E-state index is 13.3. The van der Waals surface area contributed by atoms with Gasteiger partial charge < -0.3 is 15.5 Å². The molecule has 0 unspecified atom stereocenters. The molecule has 1 amide bonds. The normalized spacial score (nSPS) is 11.5. The fourth-order valence-corrected chi connectivity index (χ4v) is 2.20. The SMILES string of the molecule is CN(C)CCNC(=O)c1cnc(Nc2cccc(Cl)c2)nc1C(F)(F)F. The minimum atomic E-state index is -4.80. The molecule has 26 heavy (non-hydrogen) atoms. The van der Waals surface area contributed by atoms with Crippen LogP contribution in [0.4, 0.5) is 24.8 Å². The molecule has 6 nitrogen and oxygen atoms in total. The lowest BCUT2D eigenvalue weighted by atomic mass is 10.2. The van der Waals surface area contributed by atoms with Crippen molar-refractivity contribution in [3.05, 3.63) is 46.7 Å². The number of benzene rings is 1. The molecule has 0 aliphatic heterocycles. The largest absolute Gasteiger partial charge is 0.434 e. The summed E-state index contributed by atoms with van der Waals surface area (Å²) in [6, 6.07) is 6.36. The van der Waals surface area contributed by atoms with Crippen LogP contribution in [0.5, 0.6) is 0 Å². The van der Waals surface area contributed by atoms with E-state index in [1.165, 1.54) is 6.07 Å². The van der Waals surface area contributed by atoms with Crippen LogP contribution in [0.15, 0.2) is 30.5 Å². The molecule has 10 heteroatoms. The van der Waals surface area contributed by atoms with Crippen molar-refractivity contribution in [3.63, 3.8) is 0 Å². The van der Waals surface area contributed by atoms with Crippen LogP contribution >= 0.6 is 11.6 Å². The zero-order chi connectivity index (χ0) is 19.3. The first-order valence-electron chi connectivity index (χ1n) is 7.56. The molecule has 0 aliphatic rings. The molecule has 0 radical (unpaired) electrons. The molecule has 0 spiro atoms. The Labute approximate surface area is 153 Å². The van der Waals surface area contributed by atoms with E-state index in [1.54, 1.807) is 37.2 Å². The minimum Gasteiger partial charge on any atom is -0.351 e. The highest BCUT2D eigenvalue weighted by molar-refractivity contribution is 6.30. The van der Waals surface area contributed by atoms with E-state index in [9.17, 15) is 18.0 Å². The van der Waals surface area contributed by atoms with Gasteiger partial charge in [0.05, 0.1) is 5.56 Å². The second-order valence-corrected chi connectivity index (χ2v) is 6.08. The first kappa shape index (κ1) is 19.9. The quantitative estimate of drug-likeness (QED) is 0.796. The zero-order valence-corrected chi connectivity index (χ0v) is 14.8. The van der Waals surface area contributed by atoms with Crippen LogP contribution in [0.1, 0.15) is 16.1 Å². The number of hydrogen-bond acceptors (Lipinski definition) is 5. The van der Waals surface area contributed by atoms with Gasteiger partial charge in [0.15, 0.2) is 5.69 Å². The molecule has 0 saturated carbocycles. The average molecular weight is 388 g/mol. The van der Waals surface area contributed by atoms with Gasteiger partial charge in [-0.1, -0.05) is 17.7 Å². The number of hydrogen-bond donors (Lipinski definition) is 2. The zero-order valence-electron chi connectivity index (χ0n) is 14.1. The summed E-state index contributed by atoms with van der Waals surface area (Å²) in [5, 5.41) is 5.46. The summed E-state index contributed by atoms with van der Waals surface area (Å²) in [5.41, 5.74) is -1.51. The van der Waals surface area contributed by atoms with E-state index in [2.05, 4.69) is 20.6 Å². The molecule has 2 aromatic rings. The molecule has 2 rings (SSSR count). The predicted octanol–water partition coefficient (Wildman–Crippen LogP) is 3.18. The lowest BCUT2D eigenvalue weighted by molar-refractivity contribution is -0.141. The Morgan fingerprint density at radius 2 is 2.04 bits per heavy atom. The van der Waals surface area contributed by atoms with Crippen LogP contribution in [0.25, 0.3) is 0 Å². The Morgan fingerprint density at radius 3 is 2.65 bits per heavy atom. The molecule has 1 heterocycles. The van der Waals surface area contributed by atoms with Gasteiger partial charge in [0.25, 0.3) is 5.91 Å². The van der Waals surface area contributed by atoms with E-state index in [0.717, 1.165) is 6.20 Å². The van der Waals surface area contributed by atoms with Crippen molar-refractivity contribution in [3.8, 4) is 0 Å². The summed E-state index contributed by atoms with van der Waals surface area (Å²) in [7, 11) is 3.57. The number of aromatic nitrogens is 2. The van der Waals surface area contributed by atoms with Gasteiger partial charge in [0, 0.05) is 30.0 Å². The Hall–Kier alpha value is -2.39. The molecule has 1 aromatic carbocycles. The van der Waals surface area contributed by atoms with E-state index in [1.807, 2.05) is 0 Å². The van der Waals surface area contributed by atoms with Crippen molar-refractivity contribution in [2.45, 2.75) is 6.18 Å². The number of nitrogens with zero attached hydrogens (tertiary/aromatic N) is 3. The summed E-state index contributed by atoms with van der Waals surface area (Å²) < 4.78 is 39.9. The first-order chi connectivity index (χ1) is 12.2. The Kier molecular flexibility index (Phi) is 6.38. The average Bonchev–Trinajstić information content (AvgIpc) is 2.53. The maximum absolute atomic E-state index is 13.3. The smallest absolute Gasteiger partial charge is 0.351 e. The number of carbonyl (C=O) groups is 1. The molecular formula is C16H17ClF3N5O. The van der Waals surface area contributed by atoms with Crippen LogP contribution in [-0.4, -0.2) is 48.0 Å². The lowest BCUT2D eigenvalue weighted by Crippen LogP contribution is -2.33. The van der Waals surface area contributed by atoms with Crippen molar-refractivity contribution in [2.24, 2.45) is 0 Å². The molecule has 0 saturated heterocycles. The first-order valence-corrected chi connectivity index (χ1v) is 7.94. The van der Waals surface area contributed by atoms with Crippen LogP contribution < -0.4 is 10.6 Å². The van der Waals surface area contributed by atoms with Crippen molar-refractivity contribution in [1.82, 2.24) is 20.2 Å². The van der Waals surface area contributed by atoms with Crippen LogP contribution in [0, 0.1) is 0 Å². The van der Waals surface area contributed by atoms with Crippen LogP contribution in [0.2, 0.25) is 5.02 Å². The molecule has 0 aliphatic carbocycles. The minimum absolute atomic E-state index is 0.200. The van der Waals surface area contributed by atoms with Gasteiger partial charge in [0.2, 0.25) is 5.95 Å². The number of carbonyl (C=O) groups excluding carboxylic acids is 1. The van der Waals surface area contributed by atoms with Gasteiger partial charge in [0.1, 0.15) is 0 Å². The Balaban J connectivity index is 2.25. The van der Waals surface area contributed by atoms with Gasteiger partial charge >= 0.3 is 6.18 Å². The number of alkyl halides is 3. The lowest BCUT2D eigenvalue weighted by Gasteiger charge is -2.14. The molecule has 140 valence electrons. The van der Waals surface area contributed by atoms with Crippen molar-refractivity contribution >= 4 is 29.1 Å². The van der Waals surface area contributed by atoms with Crippen LogP contribution in [-0.2, 0) is 6.18 Å². The number of halogens is 4. The van der Waals surface area contributed by atoms with Crippen molar-refractivity contribution in [2.75, 3.05) is 32.5 Å². The van der Waals surface area contributed by atoms with Crippen LogP contribution in [0.3, 0.4) is 0 Å². The van der Waals surface area contributed by atoms with Crippen molar-refractivity contribution in [1.29, 1.82) is 0 Å². The van der Waals surface area contributed by atoms with Gasteiger partial charge in [-0.05, 0) is 32.3 Å². The highest BCUT2D eigenvalue weighted by Crippen LogP contribution is 2.31. The molecule has 1 aromatic heterocycles. The van der Waals surface area contributed by atoms with E-state index in [0.29, 0.717) is 17.3 Å². The van der Waals surface area contributed by atoms with E-state index in [-0.39, 0.29) is 12.5 Å². The van der Waals surface area contributed by atoms with Gasteiger partial charge in [-0.15, -0.1) is 0 Å². The second-order valence-electron chi connectivity index (χ2n) is 5.65. The number of nitrogens with one attached hydrogen (secondary N) is 2. The summed E-state index contributed by atoms with van der Waals surface area (Å²) >= 11 is 5.84. The monoisotopic (exact) mass is 387 g/mol. The Bertz CT molecular complexity index is 783. The fourth-order valence-electron chi connectivity index (χ4n) is 2.01. The summed E-state index contributed by atoms with van der Waals surface area (Å²) in [5.74, 6) is -1.17. The van der Waals surface area contributed by atoms with E-state index in [4.69, 9.17) is 11.6 Å². The van der Waals surface area contributed by atoms with Gasteiger partial charge in [-0.25, -0.2) is 9.97 Å². The third-order valence-corrected chi connectivity index (χ3v) is 3.46. The number of rotatable bonds is 6.